The van der Waals surface area contributed by atoms with E-state index in [1.807, 2.05) is 0 Å². The highest BCUT2D eigenvalue weighted by Gasteiger charge is 2.78. The molecule has 13 atom stereocenters. The molecule has 0 spiro atoms. The van der Waals surface area contributed by atoms with Crippen molar-refractivity contribution in [2.24, 2.45) is 23.3 Å². The summed E-state index contributed by atoms with van der Waals surface area (Å²) in [6, 6.07) is 4.71. The summed E-state index contributed by atoms with van der Waals surface area (Å²) in [6.07, 6.45) is -10.8. The zero-order valence-corrected chi connectivity index (χ0v) is 30.6. The largest absolute Gasteiger partial charge is 0.482 e. The number of ether oxygens (including phenoxy) is 6. The number of phosphoric ester groups is 1. The molecule has 2 aliphatic heterocycles. The van der Waals surface area contributed by atoms with Crippen LogP contribution in [0.3, 0.4) is 0 Å². The molecule has 4 rings (SSSR count). The fraction of sp³-hybridized carbons (Fsp3) is 0.607. The molecule has 3 fully saturated rings. The van der Waals surface area contributed by atoms with Crippen molar-refractivity contribution in [2.45, 2.75) is 82.4 Å². The van der Waals surface area contributed by atoms with E-state index in [4.69, 9.17) is 53.2 Å². The van der Waals surface area contributed by atoms with Crippen molar-refractivity contribution in [2.75, 3.05) is 13.2 Å². The second kappa shape index (κ2) is 16.2. The minimum Gasteiger partial charge on any atom is -0.462 e. The number of hydrogen-bond acceptors (Lipinski definition) is 19. The van der Waals surface area contributed by atoms with Crippen LogP contribution in [0.4, 0.5) is 0 Å². The predicted molar refractivity (Wildman–Crippen MR) is 171 cm³/mol. The Hall–Kier alpha value is -2.98. The third kappa shape index (κ3) is 9.38. The molecule has 0 radical (unpaired) electrons. The van der Waals surface area contributed by atoms with Crippen molar-refractivity contribution in [3.63, 3.8) is 0 Å². The van der Waals surface area contributed by atoms with Gasteiger partial charge in [0.1, 0.15) is 49.1 Å². The SMILES string of the molecule is CC(=O)OC[C@H](OC(C)=O)C1C(O)C(OC(C)=O)C2C(OP(=O)(O)OP(=O)(S)OC[C@H]3O[C@@H](c4cccc(C(N)=O)c4)[C@H](O)[C@@H]3N)OC21OC(C)=O. The van der Waals surface area contributed by atoms with Crippen LogP contribution < -0.4 is 11.5 Å². The Labute approximate surface area is 300 Å². The number of primary amides is 1. The van der Waals surface area contributed by atoms with Crippen LogP contribution in [0.25, 0.3) is 0 Å². The number of carbonyl (C=O) groups is 5. The first-order valence-corrected chi connectivity index (χ1v) is 19.5. The smallest absolute Gasteiger partial charge is 0.462 e. The van der Waals surface area contributed by atoms with Crippen molar-refractivity contribution in [3.05, 3.63) is 35.4 Å². The van der Waals surface area contributed by atoms with Gasteiger partial charge in [0.05, 0.1) is 18.6 Å². The lowest BCUT2D eigenvalue weighted by molar-refractivity contribution is -0.426. The maximum Gasteiger partial charge on any atom is 0.482 e. The molecule has 7 N–H and O–H groups in total. The van der Waals surface area contributed by atoms with Crippen LogP contribution in [0.5, 0.6) is 0 Å². The first-order chi connectivity index (χ1) is 24.1. The summed E-state index contributed by atoms with van der Waals surface area (Å²) in [5.74, 6) is -10.1. The molecule has 24 heteroatoms. The van der Waals surface area contributed by atoms with Crippen LogP contribution in [0, 0.1) is 11.8 Å². The summed E-state index contributed by atoms with van der Waals surface area (Å²) >= 11 is 3.71. The monoisotopic (exact) mass is 800 g/mol. The number of esters is 4. The zero-order chi connectivity index (χ0) is 38.9. The second-order valence-corrected chi connectivity index (χ2v) is 16.4. The molecule has 52 heavy (non-hydrogen) atoms. The van der Waals surface area contributed by atoms with Crippen molar-refractivity contribution < 1.29 is 90.0 Å². The molecular formula is C28H38N2O19P2S. The number of benzene rings is 1. The minimum atomic E-state index is -5.56. The highest BCUT2D eigenvalue weighted by molar-refractivity contribution is 8.45. The lowest BCUT2D eigenvalue weighted by atomic mass is 9.85. The van der Waals surface area contributed by atoms with Gasteiger partial charge in [-0.1, -0.05) is 24.4 Å². The number of nitrogens with two attached hydrogens (primary N) is 2. The first-order valence-electron chi connectivity index (χ1n) is 15.3. The van der Waals surface area contributed by atoms with E-state index in [1.165, 1.54) is 24.3 Å². The second-order valence-electron chi connectivity index (χ2n) is 11.9. The van der Waals surface area contributed by atoms with Crippen LogP contribution >= 0.6 is 26.9 Å². The standard InChI is InChI=1S/C28H38N2O19P2S/c1-11(31)41-9-17(43-12(2)32)19-22(35)25(44-13(3)33)20-27(47-28(19,20)46-14(4)34)48-50(38,39)49-51(40,52)42-10-18-21(29)23(36)24(45-18)15-6-5-7-16(8-15)26(30)37/h5-8,17-25,27,35-36H,9-10,29H2,1-4H3,(H2,30,37)(H,38,39)(H,40,52)/t17-,18+,19?,20?,21+,22?,23+,24-,25?,27?,28?,51?/m0/s1. The van der Waals surface area contributed by atoms with Gasteiger partial charge in [-0.15, -0.1) is 0 Å². The summed E-state index contributed by atoms with van der Waals surface area (Å²) in [4.78, 5) is 70.0. The average Bonchev–Trinajstić information content (AvgIpc) is 3.38. The third-order valence-corrected chi connectivity index (χ3v) is 11.8. The fourth-order valence-electron chi connectivity index (χ4n) is 6.25. The van der Waals surface area contributed by atoms with Gasteiger partial charge in [0.15, 0.2) is 6.29 Å². The summed E-state index contributed by atoms with van der Waals surface area (Å²) in [5, 5.41) is 22.0. The topological polar surface area (TPSA) is 315 Å². The van der Waals surface area contributed by atoms with Gasteiger partial charge in [-0.3, -0.25) is 33.0 Å². The van der Waals surface area contributed by atoms with Crippen LogP contribution in [0.1, 0.15) is 49.7 Å². The van der Waals surface area contributed by atoms with Gasteiger partial charge in [0.2, 0.25) is 11.7 Å². The Morgan fingerprint density at radius 3 is 2.27 bits per heavy atom. The highest BCUT2D eigenvalue weighted by Crippen LogP contribution is 2.68. The minimum absolute atomic E-state index is 0.127. The van der Waals surface area contributed by atoms with Gasteiger partial charge in [-0.05, 0) is 17.7 Å². The summed E-state index contributed by atoms with van der Waals surface area (Å²) in [7, 11) is -5.56. The molecule has 2 heterocycles. The van der Waals surface area contributed by atoms with Crippen molar-refractivity contribution >= 4 is 56.7 Å². The molecule has 3 aliphatic rings. The van der Waals surface area contributed by atoms with E-state index in [1.54, 1.807) is 0 Å². The molecule has 1 aliphatic carbocycles. The number of aliphatic hydroxyl groups is 2. The average molecular weight is 801 g/mol. The first kappa shape index (κ1) is 41.8. The number of amides is 1. The molecule has 1 saturated carbocycles. The van der Waals surface area contributed by atoms with Crippen molar-refractivity contribution in [3.8, 4) is 0 Å². The maximum absolute atomic E-state index is 13.1. The molecule has 1 aromatic carbocycles. The summed E-state index contributed by atoms with van der Waals surface area (Å²) in [6.45, 7) is -2.32. The number of rotatable bonds is 15. The number of hydrogen-bond donors (Lipinski definition) is 6. The van der Waals surface area contributed by atoms with E-state index < -0.39 is 124 Å². The highest BCUT2D eigenvalue weighted by atomic mass is 32.7. The predicted octanol–water partition coefficient (Wildman–Crippen LogP) is -0.249. The molecule has 2 saturated heterocycles. The molecule has 8 unspecified atom stereocenters. The van der Waals surface area contributed by atoms with Crippen LogP contribution in [-0.4, -0.2) is 107 Å². The van der Waals surface area contributed by atoms with Gasteiger partial charge >= 0.3 is 38.5 Å². The zero-order valence-electron chi connectivity index (χ0n) is 27.9. The molecule has 1 amide bonds. The normalized spacial score (nSPS) is 33.7. The van der Waals surface area contributed by atoms with Crippen LogP contribution in [0.2, 0.25) is 0 Å². The maximum atomic E-state index is 13.1. The summed E-state index contributed by atoms with van der Waals surface area (Å²) in [5.41, 5.74) is 11.8. The third-order valence-electron chi connectivity index (χ3n) is 8.16. The summed E-state index contributed by atoms with van der Waals surface area (Å²) < 4.78 is 73.2. The molecule has 21 nitrogen and oxygen atoms in total. The Morgan fingerprint density at radius 1 is 1.02 bits per heavy atom. The number of thiol groups is 1. The van der Waals surface area contributed by atoms with E-state index in [0.717, 1.165) is 27.7 Å². The Balaban J connectivity index is 1.50. The Morgan fingerprint density at radius 2 is 1.69 bits per heavy atom. The Bertz CT molecular complexity index is 1670. The van der Waals surface area contributed by atoms with Gasteiger partial charge in [-0.2, -0.15) is 4.31 Å². The quantitative estimate of drug-likeness (QED) is 0.0576. The molecule has 290 valence electrons. The lowest BCUT2D eigenvalue weighted by Gasteiger charge is -2.52. The lowest BCUT2D eigenvalue weighted by Crippen LogP contribution is -2.67. The van der Waals surface area contributed by atoms with E-state index in [9.17, 15) is 48.2 Å². The van der Waals surface area contributed by atoms with Gasteiger partial charge in [0, 0.05) is 33.3 Å². The van der Waals surface area contributed by atoms with Gasteiger partial charge in [0.25, 0.3) is 0 Å². The Kier molecular flexibility index (Phi) is 13.0. The number of phosphoric acid groups is 1. The number of carbonyl (C=O) groups excluding carboxylic acids is 5. The molecular weight excluding hydrogens is 762 g/mol. The number of fused-ring (bicyclic) bond motifs is 1. The number of aliphatic hydroxyl groups excluding tert-OH is 2. The van der Waals surface area contributed by atoms with E-state index >= 15 is 0 Å². The van der Waals surface area contributed by atoms with Crippen molar-refractivity contribution in [1.82, 2.24) is 0 Å². The van der Waals surface area contributed by atoms with E-state index in [-0.39, 0.29) is 5.56 Å². The van der Waals surface area contributed by atoms with Crippen molar-refractivity contribution in [1.29, 1.82) is 0 Å². The fourth-order valence-corrected chi connectivity index (χ4v) is 9.44. The molecule has 1 aromatic rings. The molecule has 0 aromatic heterocycles. The van der Waals surface area contributed by atoms with E-state index in [2.05, 4.69) is 12.2 Å². The van der Waals surface area contributed by atoms with Crippen LogP contribution in [-0.2, 0) is 70.1 Å². The van der Waals surface area contributed by atoms with E-state index in [0.29, 0.717) is 5.56 Å². The van der Waals surface area contributed by atoms with Crippen LogP contribution in [0.15, 0.2) is 24.3 Å². The van der Waals surface area contributed by atoms with Gasteiger partial charge in [-0.25, -0.2) is 9.13 Å². The molecule has 0 bridgehead atoms. The van der Waals surface area contributed by atoms with Gasteiger partial charge < -0.3 is 55.0 Å².